The Balaban J connectivity index is 1.39. The molecule has 2 aromatic heterocycles. The van der Waals surface area contributed by atoms with Crippen LogP contribution in [0.5, 0.6) is 0 Å². The van der Waals surface area contributed by atoms with Gasteiger partial charge in [0.25, 0.3) is 0 Å². The highest BCUT2D eigenvalue weighted by Gasteiger charge is 2.14. The maximum atomic E-state index is 5.98. The van der Waals surface area contributed by atoms with Crippen LogP contribution in [-0.4, -0.2) is 33.8 Å². The van der Waals surface area contributed by atoms with Crippen molar-refractivity contribution in [3.8, 4) is 0 Å². The first-order valence-electron chi connectivity index (χ1n) is 10.7. The first-order chi connectivity index (χ1) is 14.3. The van der Waals surface area contributed by atoms with Crippen molar-refractivity contribution in [2.24, 2.45) is 4.99 Å². The van der Waals surface area contributed by atoms with Crippen molar-refractivity contribution in [2.75, 3.05) is 13.1 Å². The Morgan fingerprint density at radius 3 is 2.93 bits per heavy atom. The molecule has 0 spiro atoms. The lowest BCUT2D eigenvalue weighted by atomic mass is 10.1. The number of nitrogens with one attached hydrogen (secondary N) is 2. The molecule has 7 heteroatoms. The number of aliphatic imine (C=N–C) groups is 1. The zero-order valence-corrected chi connectivity index (χ0v) is 17.4. The van der Waals surface area contributed by atoms with Crippen molar-refractivity contribution in [3.63, 3.8) is 0 Å². The summed E-state index contributed by atoms with van der Waals surface area (Å²) in [5.41, 5.74) is 2.08. The third-order valence-electron chi connectivity index (χ3n) is 5.49. The van der Waals surface area contributed by atoms with E-state index in [-0.39, 0.29) is 0 Å². The molecular weight excluding hydrogens is 364 g/mol. The lowest BCUT2D eigenvalue weighted by molar-refractivity contribution is 0.547. The van der Waals surface area contributed by atoms with Gasteiger partial charge in [0.1, 0.15) is 29.5 Å². The molecule has 29 heavy (non-hydrogen) atoms. The minimum atomic E-state index is 0.510. The highest BCUT2D eigenvalue weighted by Crippen LogP contribution is 2.25. The second kappa shape index (κ2) is 9.11. The Morgan fingerprint density at radius 2 is 2.07 bits per heavy atom. The van der Waals surface area contributed by atoms with Gasteiger partial charge in [0.15, 0.2) is 5.96 Å². The van der Waals surface area contributed by atoms with Crippen LogP contribution in [0.25, 0.3) is 11.0 Å². The molecule has 0 fully saturated rings. The van der Waals surface area contributed by atoms with E-state index in [4.69, 9.17) is 9.41 Å². The number of fused-ring (bicyclic) bond motifs is 2. The summed E-state index contributed by atoms with van der Waals surface area (Å²) in [5.74, 6) is 3.91. The predicted octanol–water partition coefficient (Wildman–Crippen LogP) is 3.36. The summed E-state index contributed by atoms with van der Waals surface area (Å²) < 4.78 is 8.28. The van der Waals surface area contributed by atoms with E-state index in [1.807, 2.05) is 18.2 Å². The van der Waals surface area contributed by atoms with E-state index >= 15 is 0 Å². The van der Waals surface area contributed by atoms with Gasteiger partial charge in [0.05, 0.1) is 0 Å². The third kappa shape index (κ3) is 4.44. The minimum Gasteiger partial charge on any atom is -0.459 e. The number of guanidine groups is 1. The van der Waals surface area contributed by atoms with Crippen molar-refractivity contribution in [3.05, 3.63) is 47.2 Å². The summed E-state index contributed by atoms with van der Waals surface area (Å²) in [6.45, 7) is 7.29. The number of hydrogen-bond donors (Lipinski definition) is 2. The molecule has 4 rings (SSSR count). The first kappa shape index (κ1) is 19.5. The fraction of sp³-hybridized carbons (Fsp3) is 0.500. The number of para-hydroxylation sites is 1. The summed E-state index contributed by atoms with van der Waals surface area (Å²) in [6.07, 6.45) is 5.59. The molecule has 1 aromatic carbocycles. The Morgan fingerprint density at radius 1 is 1.17 bits per heavy atom. The molecule has 3 heterocycles. The SMILES string of the molecule is CCNC(=NCc1oc2ccccc2c1C)NCCc1nnc2n1CCCCC2. The van der Waals surface area contributed by atoms with Crippen LogP contribution < -0.4 is 10.6 Å². The molecule has 0 saturated carbocycles. The van der Waals surface area contributed by atoms with Gasteiger partial charge in [-0.1, -0.05) is 24.6 Å². The van der Waals surface area contributed by atoms with Gasteiger partial charge < -0.3 is 19.6 Å². The normalized spacial score (nSPS) is 14.6. The minimum absolute atomic E-state index is 0.510. The number of furan rings is 1. The molecule has 0 saturated heterocycles. The fourth-order valence-electron chi connectivity index (χ4n) is 3.89. The number of rotatable bonds is 6. The smallest absolute Gasteiger partial charge is 0.191 e. The molecule has 154 valence electrons. The molecule has 0 unspecified atom stereocenters. The molecule has 0 bridgehead atoms. The van der Waals surface area contributed by atoms with Crippen molar-refractivity contribution in [1.29, 1.82) is 0 Å². The molecule has 1 aliphatic rings. The van der Waals surface area contributed by atoms with Gasteiger partial charge >= 0.3 is 0 Å². The third-order valence-corrected chi connectivity index (χ3v) is 5.49. The van der Waals surface area contributed by atoms with Gasteiger partial charge in [-0.25, -0.2) is 4.99 Å². The highest BCUT2D eigenvalue weighted by atomic mass is 16.3. The quantitative estimate of drug-likeness (QED) is 0.495. The van der Waals surface area contributed by atoms with Crippen LogP contribution in [0.3, 0.4) is 0 Å². The van der Waals surface area contributed by atoms with Crippen molar-refractivity contribution in [1.82, 2.24) is 25.4 Å². The van der Waals surface area contributed by atoms with Crippen LogP contribution >= 0.6 is 0 Å². The first-order valence-corrected chi connectivity index (χ1v) is 10.7. The predicted molar refractivity (Wildman–Crippen MR) is 115 cm³/mol. The lowest BCUT2D eigenvalue weighted by Gasteiger charge is -2.11. The van der Waals surface area contributed by atoms with E-state index < -0.39 is 0 Å². The van der Waals surface area contributed by atoms with Gasteiger partial charge in [0, 0.05) is 43.4 Å². The topological polar surface area (TPSA) is 80.3 Å². The largest absolute Gasteiger partial charge is 0.459 e. The van der Waals surface area contributed by atoms with E-state index in [0.717, 1.165) is 72.4 Å². The van der Waals surface area contributed by atoms with E-state index in [1.54, 1.807) is 0 Å². The molecule has 0 amide bonds. The molecular formula is C22H30N6O. The van der Waals surface area contributed by atoms with Gasteiger partial charge in [-0.15, -0.1) is 10.2 Å². The molecule has 7 nitrogen and oxygen atoms in total. The van der Waals surface area contributed by atoms with Crippen LogP contribution in [0, 0.1) is 6.92 Å². The van der Waals surface area contributed by atoms with E-state index in [0.29, 0.717) is 6.54 Å². The summed E-state index contributed by atoms with van der Waals surface area (Å²) >= 11 is 0. The van der Waals surface area contributed by atoms with Crippen LogP contribution in [-0.2, 0) is 25.9 Å². The second-order valence-corrected chi connectivity index (χ2v) is 7.51. The molecule has 0 aliphatic carbocycles. The highest BCUT2D eigenvalue weighted by molar-refractivity contribution is 5.82. The van der Waals surface area contributed by atoms with Gasteiger partial charge in [-0.2, -0.15) is 0 Å². The zero-order valence-electron chi connectivity index (χ0n) is 17.4. The van der Waals surface area contributed by atoms with E-state index in [2.05, 4.69) is 45.3 Å². The molecule has 0 radical (unpaired) electrons. The van der Waals surface area contributed by atoms with Crippen molar-refractivity contribution < 1.29 is 4.42 Å². The second-order valence-electron chi connectivity index (χ2n) is 7.51. The maximum absolute atomic E-state index is 5.98. The zero-order chi connectivity index (χ0) is 20.1. The van der Waals surface area contributed by atoms with E-state index in [1.165, 1.54) is 19.3 Å². The molecule has 0 atom stereocenters. The van der Waals surface area contributed by atoms with Crippen LogP contribution in [0.1, 0.15) is 49.2 Å². The Bertz CT molecular complexity index is 987. The maximum Gasteiger partial charge on any atom is 0.191 e. The average Bonchev–Trinajstić information content (AvgIpc) is 3.17. The van der Waals surface area contributed by atoms with Crippen LogP contribution in [0.2, 0.25) is 0 Å². The fourth-order valence-corrected chi connectivity index (χ4v) is 3.89. The van der Waals surface area contributed by atoms with E-state index in [9.17, 15) is 0 Å². The lowest BCUT2D eigenvalue weighted by Crippen LogP contribution is -2.38. The summed E-state index contributed by atoms with van der Waals surface area (Å²) in [6, 6.07) is 8.12. The summed E-state index contributed by atoms with van der Waals surface area (Å²) in [5, 5.41) is 16.7. The summed E-state index contributed by atoms with van der Waals surface area (Å²) in [7, 11) is 0. The Labute approximate surface area is 171 Å². The number of hydrogen-bond acceptors (Lipinski definition) is 4. The Kier molecular flexibility index (Phi) is 6.12. The van der Waals surface area contributed by atoms with Gasteiger partial charge in [-0.05, 0) is 32.8 Å². The number of aromatic nitrogens is 3. The van der Waals surface area contributed by atoms with Crippen LogP contribution in [0.4, 0.5) is 0 Å². The Hall–Kier alpha value is -2.83. The monoisotopic (exact) mass is 394 g/mol. The van der Waals surface area contributed by atoms with Gasteiger partial charge in [-0.3, -0.25) is 0 Å². The number of benzene rings is 1. The van der Waals surface area contributed by atoms with Crippen molar-refractivity contribution >= 4 is 16.9 Å². The molecule has 2 N–H and O–H groups in total. The summed E-state index contributed by atoms with van der Waals surface area (Å²) in [4.78, 5) is 4.72. The number of aryl methyl sites for hydroxylation is 2. The van der Waals surface area contributed by atoms with Crippen LogP contribution in [0.15, 0.2) is 33.7 Å². The molecule has 1 aliphatic heterocycles. The van der Waals surface area contributed by atoms with Crippen molar-refractivity contribution in [2.45, 2.75) is 59.0 Å². The standard InChI is InChI=1S/C22H30N6O/c1-3-23-22(25-15-19-16(2)17-9-6-7-10-18(17)29-19)24-13-12-21-27-26-20-11-5-4-8-14-28(20)21/h6-7,9-10H,3-5,8,11-15H2,1-2H3,(H2,23,24,25). The van der Waals surface area contributed by atoms with Gasteiger partial charge in [0.2, 0.25) is 0 Å². The molecule has 3 aromatic rings. The number of nitrogens with zero attached hydrogens (tertiary/aromatic N) is 4. The average molecular weight is 395 g/mol.